The van der Waals surface area contributed by atoms with Gasteiger partial charge in [-0.2, -0.15) is 4.72 Å². The van der Waals surface area contributed by atoms with E-state index < -0.39 is 16.1 Å². The zero-order chi connectivity index (χ0) is 14.9. The number of amides is 1. The Morgan fingerprint density at radius 1 is 1.30 bits per heavy atom. The molecule has 0 aliphatic carbocycles. The van der Waals surface area contributed by atoms with Crippen LogP contribution >= 0.6 is 31.9 Å². The summed E-state index contributed by atoms with van der Waals surface area (Å²) in [5.74, 6) is -0.303. The van der Waals surface area contributed by atoms with Crippen molar-refractivity contribution in [3.63, 3.8) is 0 Å². The van der Waals surface area contributed by atoms with Crippen molar-refractivity contribution in [3.05, 3.63) is 21.1 Å². The minimum Gasteiger partial charge on any atom is -0.399 e. The zero-order valence-corrected chi connectivity index (χ0v) is 14.3. The second-order valence-corrected chi connectivity index (χ2v) is 7.78. The van der Waals surface area contributed by atoms with E-state index in [0.29, 0.717) is 27.6 Å². The highest BCUT2D eigenvalue weighted by atomic mass is 79.9. The Morgan fingerprint density at radius 2 is 1.90 bits per heavy atom. The molecule has 1 aromatic carbocycles. The van der Waals surface area contributed by atoms with Gasteiger partial charge < -0.3 is 11.1 Å². The van der Waals surface area contributed by atoms with Gasteiger partial charge in [-0.3, -0.25) is 4.79 Å². The number of nitrogens with one attached hydrogen (secondary N) is 2. The maximum absolute atomic E-state index is 12.4. The van der Waals surface area contributed by atoms with Crippen LogP contribution in [0.5, 0.6) is 0 Å². The number of hydrogen-bond acceptors (Lipinski definition) is 4. The molecule has 1 fully saturated rings. The molecule has 1 atom stereocenters. The van der Waals surface area contributed by atoms with Crippen LogP contribution in [0.3, 0.4) is 0 Å². The Morgan fingerprint density at radius 3 is 2.45 bits per heavy atom. The van der Waals surface area contributed by atoms with Crippen LogP contribution in [0.4, 0.5) is 5.69 Å². The molecule has 110 valence electrons. The molecule has 0 saturated carbocycles. The molecule has 0 spiro atoms. The molecule has 1 saturated heterocycles. The molecule has 6 nitrogen and oxygen atoms in total. The van der Waals surface area contributed by atoms with Gasteiger partial charge in [-0.05, 0) is 56.8 Å². The van der Waals surface area contributed by atoms with E-state index in [-0.39, 0.29) is 10.8 Å². The summed E-state index contributed by atoms with van der Waals surface area (Å²) >= 11 is 6.37. The number of hydrogen-bond donors (Lipinski definition) is 3. The van der Waals surface area contributed by atoms with Gasteiger partial charge in [-0.15, -0.1) is 0 Å². The highest BCUT2D eigenvalue weighted by molar-refractivity contribution is 9.11. The van der Waals surface area contributed by atoms with Crippen LogP contribution in [0.15, 0.2) is 26.0 Å². The fourth-order valence-electron chi connectivity index (χ4n) is 1.97. The quantitative estimate of drug-likeness (QED) is 0.635. The first-order valence-corrected chi connectivity index (χ1v) is 8.93. The molecular formula is C11H13Br2N3O3S. The summed E-state index contributed by atoms with van der Waals surface area (Å²) in [6.45, 7) is 0.576. The predicted octanol–water partition coefficient (Wildman–Crippen LogP) is 1.35. The Kier molecular flexibility index (Phi) is 4.73. The van der Waals surface area contributed by atoms with Crippen molar-refractivity contribution in [1.82, 2.24) is 10.0 Å². The minimum atomic E-state index is -3.83. The number of anilines is 1. The van der Waals surface area contributed by atoms with Crippen molar-refractivity contribution in [1.29, 1.82) is 0 Å². The molecule has 9 heteroatoms. The van der Waals surface area contributed by atoms with Gasteiger partial charge in [0.25, 0.3) is 0 Å². The molecule has 4 N–H and O–H groups in total. The summed E-state index contributed by atoms with van der Waals surface area (Å²) in [7, 11) is -3.83. The predicted molar refractivity (Wildman–Crippen MR) is 82.6 cm³/mol. The van der Waals surface area contributed by atoms with E-state index in [2.05, 4.69) is 41.9 Å². The Hall–Kier alpha value is -0.640. The summed E-state index contributed by atoms with van der Waals surface area (Å²) in [5.41, 5.74) is 6.07. The molecule has 1 heterocycles. The number of benzene rings is 1. The number of nitrogens with two attached hydrogens (primary N) is 1. The van der Waals surface area contributed by atoms with Gasteiger partial charge in [0.05, 0.1) is 0 Å². The van der Waals surface area contributed by atoms with Gasteiger partial charge in [-0.25, -0.2) is 8.42 Å². The van der Waals surface area contributed by atoms with Gasteiger partial charge in [0, 0.05) is 21.2 Å². The SMILES string of the molecule is Nc1cc(Br)c(S(=O)(=O)NC2CCCNC2=O)c(Br)c1. The van der Waals surface area contributed by atoms with Gasteiger partial charge >= 0.3 is 0 Å². The third-order valence-corrected chi connectivity index (χ3v) is 6.22. The van der Waals surface area contributed by atoms with Crippen LogP contribution in [0.2, 0.25) is 0 Å². The average molecular weight is 427 g/mol. The molecule has 1 amide bonds. The van der Waals surface area contributed by atoms with Crippen LogP contribution in [0.1, 0.15) is 12.8 Å². The summed E-state index contributed by atoms with van der Waals surface area (Å²) in [5, 5.41) is 2.64. The molecule has 2 rings (SSSR count). The summed E-state index contributed by atoms with van der Waals surface area (Å²) < 4.78 is 27.9. The monoisotopic (exact) mass is 425 g/mol. The van der Waals surface area contributed by atoms with Crippen molar-refractivity contribution in [2.24, 2.45) is 0 Å². The highest BCUT2D eigenvalue weighted by Gasteiger charge is 2.30. The number of rotatable bonds is 3. The fourth-order valence-corrected chi connectivity index (χ4v) is 5.82. The summed E-state index contributed by atoms with van der Waals surface area (Å²) in [6, 6.07) is 2.26. The highest BCUT2D eigenvalue weighted by Crippen LogP contribution is 2.32. The molecule has 1 aliphatic heterocycles. The molecule has 1 aliphatic rings. The van der Waals surface area contributed by atoms with E-state index in [1.807, 2.05) is 0 Å². The third kappa shape index (κ3) is 3.33. The number of nitrogen functional groups attached to an aromatic ring is 1. The summed E-state index contributed by atoms with van der Waals surface area (Å²) in [4.78, 5) is 11.7. The summed E-state index contributed by atoms with van der Waals surface area (Å²) in [6.07, 6.45) is 1.22. The first kappa shape index (κ1) is 15.7. The van der Waals surface area contributed by atoms with E-state index in [1.165, 1.54) is 12.1 Å². The standard InChI is InChI=1S/C11H13Br2N3O3S/c12-7-4-6(14)5-8(13)10(7)20(18,19)16-9-2-1-3-15-11(9)17/h4-5,9,16H,1-3,14H2,(H,15,17). The lowest BCUT2D eigenvalue weighted by Gasteiger charge is -2.23. The first-order chi connectivity index (χ1) is 9.31. The van der Waals surface area contributed by atoms with E-state index in [1.54, 1.807) is 0 Å². The third-order valence-electron chi connectivity index (χ3n) is 2.87. The fraction of sp³-hybridized carbons (Fsp3) is 0.364. The van der Waals surface area contributed by atoms with Crippen molar-refractivity contribution >= 4 is 53.5 Å². The van der Waals surface area contributed by atoms with Crippen LogP contribution in [-0.4, -0.2) is 26.9 Å². The van der Waals surface area contributed by atoms with Crippen molar-refractivity contribution in [2.45, 2.75) is 23.8 Å². The topological polar surface area (TPSA) is 101 Å². The van der Waals surface area contributed by atoms with E-state index in [4.69, 9.17) is 5.73 Å². The number of halogens is 2. The van der Waals surface area contributed by atoms with Gasteiger partial charge in [-0.1, -0.05) is 0 Å². The Balaban J connectivity index is 2.33. The van der Waals surface area contributed by atoms with E-state index >= 15 is 0 Å². The van der Waals surface area contributed by atoms with Crippen LogP contribution < -0.4 is 15.8 Å². The van der Waals surface area contributed by atoms with E-state index in [0.717, 1.165) is 6.42 Å². The number of sulfonamides is 1. The molecular weight excluding hydrogens is 414 g/mol. The maximum Gasteiger partial charge on any atom is 0.243 e. The molecule has 0 aromatic heterocycles. The van der Waals surface area contributed by atoms with E-state index in [9.17, 15) is 13.2 Å². The van der Waals surface area contributed by atoms with Gasteiger partial charge in [0.1, 0.15) is 10.9 Å². The van der Waals surface area contributed by atoms with Crippen molar-refractivity contribution < 1.29 is 13.2 Å². The first-order valence-electron chi connectivity index (χ1n) is 5.86. The zero-order valence-electron chi connectivity index (χ0n) is 10.3. The van der Waals surface area contributed by atoms with Gasteiger partial charge in [0.2, 0.25) is 15.9 Å². The number of carbonyl (C=O) groups excluding carboxylic acids is 1. The Bertz CT molecular complexity index is 625. The largest absolute Gasteiger partial charge is 0.399 e. The second kappa shape index (κ2) is 6.00. The Labute approximate surface area is 133 Å². The average Bonchev–Trinajstić information content (AvgIpc) is 2.30. The normalized spacial score (nSPS) is 19.7. The lowest BCUT2D eigenvalue weighted by Crippen LogP contribution is -2.50. The smallest absolute Gasteiger partial charge is 0.243 e. The number of piperidine rings is 1. The lowest BCUT2D eigenvalue weighted by atomic mass is 10.1. The van der Waals surface area contributed by atoms with Crippen LogP contribution in [0.25, 0.3) is 0 Å². The molecule has 0 radical (unpaired) electrons. The lowest BCUT2D eigenvalue weighted by molar-refractivity contribution is -0.124. The molecule has 20 heavy (non-hydrogen) atoms. The molecule has 0 bridgehead atoms. The van der Waals surface area contributed by atoms with Gasteiger partial charge in [0.15, 0.2) is 0 Å². The minimum absolute atomic E-state index is 0.0325. The molecule has 1 aromatic rings. The van der Waals surface area contributed by atoms with Crippen LogP contribution in [0, 0.1) is 0 Å². The number of carbonyl (C=O) groups is 1. The molecule has 1 unspecified atom stereocenters. The van der Waals surface area contributed by atoms with Crippen molar-refractivity contribution in [2.75, 3.05) is 12.3 Å². The van der Waals surface area contributed by atoms with Crippen molar-refractivity contribution in [3.8, 4) is 0 Å². The second-order valence-electron chi connectivity index (χ2n) is 4.42. The van der Waals surface area contributed by atoms with Crippen LogP contribution in [-0.2, 0) is 14.8 Å². The maximum atomic E-state index is 12.4.